The molecule has 0 amide bonds. The largest absolute Gasteiger partial charge is 0.385 e. The third-order valence-corrected chi connectivity index (χ3v) is 4.08. The molecule has 92 valence electrons. The first-order valence-corrected chi connectivity index (χ1v) is 6.73. The molecule has 0 fully saturated rings. The lowest BCUT2D eigenvalue weighted by Crippen LogP contribution is -2.21. The number of anilines is 1. The third-order valence-electron chi connectivity index (χ3n) is 2.61. The van der Waals surface area contributed by atoms with E-state index in [1.807, 2.05) is 13.8 Å². The van der Waals surface area contributed by atoms with E-state index in [0.717, 1.165) is 35.2 Å². The van der Waals surface area contributed by atoms with E-state index in [1.165, 1.54) is 0 Å². The number of aromatic nitrogens is 1. The highest BCUT2D eigenvalue weighted by Gasteiger charge is 2.25. The second kappa shape index (κ2) is 5.15. The van der Waals surface area contributed by atoms with Gasteiger partial charge >= 0.3 is 0 Å². The number of hydrogen-bond donors (Lipinski definition) is 1. The van der Waals surface area contributed by atoms with Crippen molar-refractivity contribution in [3.05, 3.63) is 10.6 Å². The zero-order valence-electron chi connectivity index (χ0n) is 10.9. The summed E-state index contributed by atoms with van der Waals surface area (Å²) >= 11 is 1.61. The van der Waals surface area contributed by atoms with E-state index >= 15 is 0 Å². The van der Waals surface area contributed by atoms with Crippen molar-refractivity contribution < 1.29 is 5.11 Å². The molecule has 3 nitrogen and oxygen atoms in total. The fraction of sp³-hybridized carbons (Fsp3) is 0.750. The summed E-state index contributed by atoms with van der Waals surface area (Å²) in [6.45, 7) is 11.9. The first-order chi connectivity index (χ1) is 7.43. The summed E-state index contributed by atoms with van der Waals surface area (Å²) in [4.78, 5) is 7.84. The summed E-state index contributed by atoms with van der Waals surface area (Å²) in [5, 5.41) is 11.1. The number of rotatable bonds is 5. The summed E-state index contributed by atoms with van der Waals surface area (Å²) < 4.78 is 0. The Morgan fingerprint density at radius 2 is 1.81 bits per heavy atom. The van der Waals surface area contributed by atoms with Gasteiger partial charge in [-0.3, -0.25) is 0 Å². The number of aryl methyl sites for hydroxylation is 1. The molecule has 0 aliphatic rings. The van der Waals surface area contributed by atoms with Crippen molar-refractivity contribution in [1.29, 1.82) is 0 Å². The fourth-order valence-electron chi connectivity index (χ4n) is 1.69. The van der Waals surface area contributed by atoms with Crippen LogP contribution in [-0.2, 0) is 12.0 Å². The van der Waals surface area contributed by atoms with Crippen LogP contribution in [0.25, 0.3) is 0 Å². The first kappa shape index (κ1) is 13.5. The highest BCUT2D eigenvalue weighted by molar-refractivity contribution is 7.15. The molecule has 1 heterocycles. The predicted molar refractivity (Wildman–Crippen MR) is 70.3 cm³/mol. The topological polar surface area (TPSA) is 36.4 Å². The summed E-state index contributed by atoms with van der Waals surface area (Å²) in [6.07, 6.45) is 0.872. The molecule has 0 unspecified atom stereocenters. The van der Waals surface area contributed by atoms with Crippen LogP contribution in [0, 0.1) is 0 Å². The minimum Gasteiger partial charge on any atom is -0.385 e. The van der Waals surface area contributed by atoms with Crippen LogP contribution in [-0.4, -0.2) is 23.2 Å². The molecule has 0 bridgehead atoms. The van der Waals surface area contributed by atoms with E-state index < -0.39 is 5.60 Å². The molecule has 1 aromatic rings. The van der Waals surface area contributed by atoms with Gasteiger partial charge in [0.05, 0.1) is 16.2 Å². The summed E-state index contributed by atoms with van der Waals surface area (Å²) in [5.41, 5.74) is 0.244. The minimum absolute atomic E-state index is 0.783. The molecule has 0 radical (unpaired) electrons. The Morgan fingerprint density at radius 3 is 2.12 bits per heavy atom. The Morgan fingerprint density at radius 1 is 1.25 bits per heavy atom. The van der Waals surface area contributed by atoms with Crippen LogP contribution >= 0.6 is 11.3 Å². The average Bonchev–Trinajstić information content (AvgIpc) is 2.63. The molecule has 0 saturated heterocycles. The molecule has 0 aliphatic heterocycles. The molecular weight excluding hydrogens is 220 g/mol. The molecular formula is C12H22N2OS. The van der Waals surface area contributed by atoms with Gasteiger partial charge in [-0.1, -0.05) is 18.3 Å². The Hall–Kier alpha value is -0.610. The second-order valence-corrected chi connectivity index (χ2v) is 5.33. The van der Waals surface area contributed by atoms with E-state index in [0.29, 0.717) is 0 Å². The number of aliphatic hydroxyl groups is 1. The van der Waals surface area contributed by atoms with Crippen molar-refractivity contribution in [1.82, 2.24) is 4.98 Å². The smallest absolute Gasteiger partial charge is 0.185 e. The van der Waals surface area contributed by atoms with E-state index in [4.69, 9.17) is 0 Å². The first-order valence-electron chi connectivity index (χ1n) is 5.91. The van der Waals surface area contributed by atoms with Crippen LogP contribution in [0.3, 0.4) is 0 Å². The normalized spacial score (nSPS) is 11.9. The quantitative estimate of drug-likeness (QED) is 0.862. The van der Waals surface area contributed by atoms with E-state index in [9.17, 15) is 5.11 Å². The highest BCUT2D eigenvalue weighted by atomic mass is 32.1. The average molecular weight is 242 g/mol. The van der Waals surface area contributed by atoms with E-state index in [2.05, 4.69) is 30.7 Å². The second-order valence-electron chi connectivity index (χ2n) is 4.36. The van der Waals surface area contributed by atoms with Crippen molar-refractivity contribution in [2.75, 3.05) is 18.0 Å². The van der Waals surface area contributed by atoms with Gasteiger partial charge in [0, 0.05) is 13.1 Å². The monoisotopic (exact) mass is 242 g/mol. The Bertz CT molecular complexity index is 337. The molecule has 1 rings (SSSR count). The Labute approximate surface area is 102 Å². The van der Waals surface area contributed by atoms with Gasteiger partial charge in [-0.2, -0.15) is 0 Å². The maximum absolute atomic E-state index is 10.1. The van der Waals surface area contributed by atoms with Gasteiger partial charge in [0.25, 0.3) is 0 Å². The summed E-state index contributed by atoms with van der Waals surface area (Å²) in [5.74, 6) is 0. The van der Waals surface area contributed by atoms with E-state index in [-0.39, 0.29) is 0 Å². The highest BCUT2D eigenvalue weighted by Crippen LogP contribution is 2.34. The van der Waals surface area contributed by atoms with Crippen molar-refractivity contribution in [3.63, 3.8) is 0 Å². The molecule has 0 aliphatic carbocycles. The zero-order valence-corrected chi connectivity index (χ0v) is 11.7. The number of thiazole rings is 1. The Balaban J connectivity index is 3.12. The minimum atomic E-state index is -0.783. The van der Waals surface area contributed by atoms with E-state index in [1.54, 1.807) is 11.3 Å². The van der Waals surface area contributed by atoms with Gasteiger partial charge in [-0.05, 0) is 34.1 Å². The van der Waals surface area contributed by atoms with Crippen LogP contribution in [0.4, 0.5) is 5.13 Å². The standard InChI is InChI=1S/C12H22N2OS/c1-6-9-10(12(4,5)15)16-11(13-9)14(7-2)8-3/h15H,6-8H2,1-5H3. The van der Waals surface area contributed by atoms with Crippen molar-refractivity contribution >= 4 is 16.5 Å². The van der Waals surface area contributed by atoms with Gasteiger partial charge in [0.1, 0.15) is 0 Å². The third kappa shape index (κ3) is 2.74. The van der Waals surface area contributed by atoms with Crippen LogP contribution in [0.1, 0.15) is 45.2 Å². The predicted octanol–water partition coefficient (Wildman–Crippen LogP) is 2.78. The molecule has 0 atom stereocenters. The maximum Gasteiger partial charge on any atom is 0.185 e. The van der Waals surface area contributed by atoms with Crippen LogP contribution in [0.15, 0.2) is 0 Å². The lowest BCUT2D eigenvalue weighted by molar-refractivity contribution is 0.0814. The zero-order chi connectivity index (χ0) is 12.3. The lowest BCUT2D eigenvalue weighted by Gasteiger charge is -2.17. The molecule has 4 heteroatoms. The fourth-order valence-corrected chi connectivity index (χ4v) is 2.97. The van der Waals surface area contributed by atoms with Gasteiger partial charge in [0.15, 0.2) is 5.13 Å². The SMILES string of the molecule is CCc1nc(N(CC)CC)sc1C(C)(C)O. The molecule has 1 N–H and O–H groups in total. The number of nitrogens with zero attached hydrogens (tertiary/aromatic N) is 2. The molecule has 1 aromatic heterocycles. The molecule has 0 aromatic carbocycles. The molecule has 0 spiro atoms. The van der Waals surface area contributed by atoms with Gasteiger partial charge in [-0.25, -0.2) is 4.98 Å². The van der Waals surface area contributed by atoms with Crippen LogP contribution in [0.5, 0.6) is 0 Å². The van der Waals surface area contributed by atoms with Gasteiger partial charge in [0.2, 0.25) is 0 Å². The van der Waals surface area contributed by atoms with Gasteiger partial charge in [-0.15, -0.1) is 0 Å². The van der Waals surface area contributed by atoms with Crippen molar-refractivity contribution in [2.24, 2.45) is 0 Å². The molecule has 0 saturated carbocycles. The van der Waals surface area contributed by atoms with Crippen molar-refractivity contribution in [2.45, 2.75) is 46.6 Å². The Kier molecular flexibility index (Phi) is 4.33. The maximum atomic E-state index is 10.1. The molecule has 16 heavy (non-hydrogen) atoms. The van der Waals surface area contributed by atoms with Gasteiger partial charge < -0.3 is 10.0 Å². The lowest BCUT2D eigenvalue weighted by atomic mass is 10.1. The van der Waals surface area contributed by atoms with Crippen molar-refractivity contribution in [3.8, 4) is 0 Å². The van der Waals surface area contributed by atoms with Crippen LogP contribution < -0.4 is 4.90 Å². The summed E-state index contributed by atoms with van der Waals surface area (Å²) in [6, 6.07) is 0. The van der Waals surface area contributed by atoms with Crippen LogP contribution in [0.2, 0.25) is 0 Å². The number of hydrogen-bond acceptors (Lipinski definition) is 4. The summed E-state index contributed by atoms with van der Waals surface area (Å²) in [7, 11) is 0.